The number of alkyl halides is 3. The molecule has 0 aliphatic carbocycles. The highest BCUT2D eigenvalue weighted by Gasteiger charge is 2.34. The van der Waals surface area contributed by atoms with E-state index < -0.39 is 23.4 Å². The van der Waals surface area contributed by atoms with Gasteiger partial charge in [-0.25, -0.2) is 0 Å². The number of halogens is 3. The zero-order valence-electron chi connectivity index (χ0n) is 10.7. The fourth-order valence-corrected chi connectivity index (χ4v) is 1.75. The predicted molar refractivity (Wildman–Crippen MR) is 64.1 cm³/mol. The number of hydrogen-bond acceptors (Lipinski definition) is 2. The zero-order valence-corrected chi connectivity index (χ0v) is 10.7. The predicted octanol–water partition coefficient (Wildman–Crippen LogP) is 3.52. The molecule has 1 rings (SSSR count). The summed E-state index contributed by atoms with van der Waals surface area (Å²) in [6.45, 7) is 3.68. The van der Waals surface area contributed by atoms with Gasteiger partial charge in [0.1, 0.15) is 0 Å². The molecule has 2 atom stereocenters. The maximum Gasteiger partial charge on any atom is 0.416 e. The van der Waals surface area contributed by atoms with Crippen LogP contribution in [0.25, 0.3) is 0 Å². The van der Waals surface area contributed by atoms with Crippen molar-refractivity contribution in [2.45, 2.75) is 38.1 Å². The van der Waals surface area contributed by atoms with Crippen molar-refractivity contribution in [3.05, 3.63) is 35.4 Å². The van der Waals surface area contributed by atoms with Gasteiger partial charge in [0, 0.05) is 7.11 Å². The minimum Gasteiger partial charge on any atom is -0.377 e. The quantitative estimate of drug-likeness (QED) is 0.900. The Kier molecular flexibility index (Phi) is 4.40. The lowest BCUT2D eigenvalue weighted by molar-refractivity contribution is -0.137. The number of ether oxygens (including phenoxy) is 1. The highest BCUT2D eigenvalue weighted by molar-refractivity contribution is 5.29. The second-order valence-corrected chi connectivity index (χ2v) is 4.47. The Morgan fingerprint density at radius 3 is 2.39 bits per heavy atom. The Labute approximate surface area is 105 Å². The molecule has 1 aromatic rings. The maximum absolute atomic E-state index is 12.6. The molecule has 0 radical (unpaired) electrons. The number of benzene rings is 1. The van der Waals surface area contributed by atoms with Gasteiger partial charge >= 0.3 is 6.18 Å². The van der Waals surface area contributed by atoms with Crippen molar-refractivity contribution >= 4 is 0 Å². The summed E-state index contributed by atoms with van der Waals surface area (Å²) in [6, 6.07) is 4.47. The lowest BCUT2D eigenvalue weighted by atomic mass is 9.88. The summed E-state index contributed by atoms with van der Waals surface area (Å²) in [5.74, 6) is 0. The Bertz CT molecular complexity index is 399. The van der Waals surface area contributed by atoms with E-state index in [1.165, 1.54) is 13.2 Å². The molecule has 0 saturated heterocycles. The van der Waals surface area contributed by atoms with Crippen molar-refractivity contribution in [2.75, 3.05) is 7.11 Å². The molecule has 0 heterocycles. The van der Waals surface area contributed by atoms with Crippen LogP contribution in [0.1, 0.15) is 37.4 Å². The van der Waals surface area contributed by atoms with Crippen molar-refractivity contribution in [3.8, 4) is 0 Å². The fraction of sp³-hybridized carbons (Fsp3) is 0.538. The average molecular weight is 261 g/mol. The molecule has 5 heteroatoms. The first-order valence-corrected chi connectivity index (χ1v) is 5.72. The summed E-state index contributed by atoms with van der Waals surface area (Å²) in [7, 11) is 1.51. The van der Waals surface area contributed by atoms with E-state index in [9.17, 15) is 13.2 Å². The molecule has 0 aliphatic heterocycles. The van der Waals surface area contributed by atoms with Crippen LogP contribution in [-0.4, -0.2) is 12.7 Å². The summed E-state index contributed by atoms with van der Waals surface area (Å²) in [6.07, 6.45) is -3.74. The lowest BCUT2D eigenvalue weighted by Gasteiger charge is -2.33. The molecule has 0 spiro atoms. The van der Waals surface area contributed by atoms with Crippen LogP contribution >= 0.6 is 0 Å². The van der Waals surface area contributed by atoms with E-state index in [-0.39, 0.29) is 0 Å². The molecule has 0 aromatic heterocycles. The van der Waals surface area contributed by atoms with Crippen molar-refractivity contribution < 1.29 is 17.9 Å². The Hall–Kier alpha value is -1.07. The van der Waals surface area contributed by atoms with Crippen LogP contribution in [0.5, 0.6) is 0 Å². The fourth-order valence-electron chi connectivity index (χ4n) is 1.75. The van der Waals surface area contributed by atoms with Crippen LogP contribution in [0.4, 0.5) is 13.2 Å². The molecule has 0 fully saturated rings. The molecule has 0 bridgehead atoms. The molecule has 102 valence electrons. The minimum absolute atomic E-state index is 0.427. The highest BCUT2D eigenvalue weighted by Crippen LogP contribution is 2.34. The summed E-state index contributed by atoms with van der Waals surface area (Å²) in [5, 5.41) is 0. The first-order chi connectivity index (χ1) is 8.24. The van der Waals surface area contributed by atoms with E-state index in [0.29, 0.717) is 12.0 Å². The van der Waals surface area contributed by atoms with Crippen molar-refractivity contribution in [1.82, 2.24) is 0 Å². The van der Waals surface area contributed by atoms with Gasteiger partial charge < -0.3 is 10.5 Å². The third-order valence-electron chi connectivity index (χ3n) is 3.40. The van der Waals surface area contributed by atoms with Gasteiger partial charge in [-0.3, -0.25) is 0 Å². The lowest BCUT2D eigenvalue weighted by Crippen LogP contribution is -2.39. The highest BCUT2D eigenvalue weighted by atomic mass is 19.4. The normalized spacial score (nSPS) is 17.3. The second kappa shape index (κ2) is 5.28. The van der Waals surface area contributed by atoms with Gasteiger partial charge in [-0.05, 0) is 31.0 Å². The van der Waals surface area contributed by atoms with Crippen LogP contribution in [0.3, 0.4) is 0 Å². The molecule has 2 unspecified atom stereocenters. The van der Waals surface area contributed by atoms with E-state index in [2.05, 4.69) is 0 Å². The first-order valence-electron chi connectivity index (χ1n) is 5.72. The monoisotopic (exact) mass is 261 g/mol. The largest absolute Gasteiger partial charge is 0.416 e. The van der Waals surface area contributed by atoms with Crippen LogP contribution < -0.4 is 5.73 Å². The molecular formula is C13H18F3NO. The zero-order chi connectivity index (χ0) is 14.0. The van der Waals surface area contributed by atoms with Gasteiger partial charge in [-0.1, -0.05) is 19.1 Å². The molecule has 1 aromatic carbocycles. The summed E-state index contributed by atoms with van der Waals surface area (Å²) >= 11 is 0. The molecule has 18 heavy (non-hydrogen) atoms. The van der Waals surface area contributed by atoms with Crippen molar-refractivity contribution in [1.29, 1.82) is 0 Å². The van der Waals surface area contributed by atoms with E-state index in [4.69, 9.17) is 10.5 Å². The van der Waals surface area contributed by atoms with Gasteiger partial charge in [0.15, 0.2) is 0 Å². The summed E-state index contributed by atoms with van der Waals surface area (Å²) in [5.41, 5.74) is 5.08. The van der Waals surface area contributed by atoms with Crippen LogP contribution in [-0.2, 0) is 10.9 Å². The van der Waals surface area contributed by atoms with Gasteiger partial charge in [0.25, 0.3) is 0 Å². The first kappa shape index (κ1) is 15.0. The number of methoxy groups -OCH3 is 1. The third kappa shape index (κ3) is 3.03. The topological polar surface area (TPSA) is 35.2 Å². The van der Waals surface area contributed by atoms with Crippen LogP contribution in [0.15, 0.2) is 24.3 Å². The smallest absolute Gasteiger partial charge is 0.377 e. The molecule has 2 nitrogen and oxygen atoms in total. The van der Waals surface area contributed by atoms with E-state index >= 15 is 0 Å². The van der Waals surface area contributed by atoms with Crippen LogP contribution in [0.2, 0.25) is 0 Å². The van der Waals surface area contributed by atoms with Gasteiger partial charge in [-0.2, -0.15) is 13.2 Å². The van der Waals surface area contributed by atoms with Gasteiger partial charge in [0.05, 0.1) is 17.2 Å². The second-order valence-electron chi connectivity index (χ2n) is 4.47. The third-order valence-corrected chi connectivity index (χ3v) is 3.40. The number of hydrogen-bond donors (Lipinski definition) is 1. The molecular weight excluding hydrogens is 243 g/mol. The Morgan fingerprint density at radius 1 is 1.33 bits per heavy atom. The van der Waals surface area contributed by atoms with Gasteiger partial charge in [0.2, 0.25) is 0 Å². The molecule has 0 aliphatic rings. The molecule has 2 N–H and O–H groups in total. The number of rotatable bonds is 4. The maximum atomic E-state index is 12.6. The Balaban J connectivity index is 3.11. The van der Waals surface area contributed by atoms with Gasteiger partial charge in [-0.15, -0.1) is 0 Å². The standard InChI is InChI=1S/C13H18F3NO/c1-4-12(2,18-3)11(17)9-6-5-7-10(8-9)13(14,15)16/h5-8,11H,4,17H2,1-3H3. The minimum atomic E-state index is -4.36. The Morgan fingerprint density at radius 2 is 1.94 bits per heavy atom. The average Bonchev–Trinajstić information content (AvgIpc) is 2.36. The number of nitrogens with two attached hydrogens (primary N) is 1. The molecule has 0 saturated carbocycles. The summed E-state index contributed by atoms with van der Waals surface area (Å²) in [4.78, 5) is 0. The molecule has 0 amide bonds. The van der Waals surface area contributed by atoms with Crippen LogP contribution in [0, 0.1) is 0 Å². The van der Waals surface area contributed by atoms with E-state index in [1.54, 1.807) is 13.0 Å². The SMILES string of the molecule is CCC(C)(OC)C(N)c1cccc(C(F)(F)F)c1. The van der Waals surface area contributed by atoms with E-state index in [1.807, 2.05) is 6.92 Å². The summed E-state index contributed by atoms with van der Waals surface area (Å²) < 4.78 is 43.2. The van der Waals surface area contributed by atoms with Crippen molar-refractivity contribution in [2.24, 2.45) is 5.73 Å². The van der Waals surface area contributed by atoms with Crippen molar-refractivity contribution in [3.63, 3.8) is 0 Å². The van der Waals surface area contributed by atoms with E-state index in [0.717, 1.165) is 12.1 Å².